The van der Waals surface area contributed by atoms with E-state index in [1.165, 1.54) is 0 Å². The maximum atomic E-state index is 13.1. The van der Waals surface area contributed by atoms with Crippen LogP contribution in [0.1, 0.15) is 23.1 Å². The van der Waals surface area contributed by atoms with Crippen LogP contribution in [0.5, 0.6) is 0 Å². The van der Waals surface area contributed by atoms with E-state index >= 15 is 0 Å². The minimum Gasteiger partial charge on any atom is -0.450 e. The standard InChI is InChI=1S/C18H25N5O3/c1-4-26-18(25)22-11-9-21(10-12-22)17(24)16-14(13-20(2)3)23-8-6-5-7-15(23)19-16/h5-8H,4,9-13H2,1-3H3. The van der Waals surface area contributed by atoms with Gasteiger partial charge in [-0.3, -0.25) is 4.79 Å². The Bertz CT molecular complexity index is 793. The van der Waals surface area contributed by atoms with Gasteiger partial charge in [0, 0.05) is 38.9 Å². The third-order valence-corrected chi connectivity index (χ3v) is 4.39. The van der Waals surface area contributed by atoms with E-state index in [2.05, 4.69) is 4.98 Å². The number of imidazole rings is 1. The van der Waals surface area contributed by atoms with Crippen molar-refractivity contribution < 1.29 is 14.3 Å². The Morgan fingerprint density at radius 3 is 2.50 bits per heavy atom. The SMILES string of the molecule is CCOC(=O)N1CCN(C(=O)c2nc3ccccn3c2CN(C)C)CC1. The van der Waals surface area contributed by atoms with Gasteiger partial charge < -0.3 is 23.8 Å². The van der Waals surface area contributed by atoms with Crippen LogP contribution in [0.15, 0.2) is 24.4 Å². The summed E-state index contributed by atoms with van der Waals surface area (Å²) in [6, 6.07) is 5.74. The summed E-state index contributed by atoms with van der Waals surface area (Å²) in [5.74, 6) is -0.0888. The molecule has 0 aromatic carbocycles. The van der Waals surface area contributed by atoms with E-state index in [4.69, 9.17) is 4.74 Å². The maximum Gasteiger partial charge on any atom is 0.409 e. The van der Waals surface area contributed by atoms with E-state index in [1.54, 1.807) is 16.7 Å². The van der Waals surface area contributed by atoms with Crippen molar-refractivity contribution in [1.29, 1.82) is 0 Å². The van der Waals surface area contributed by atoms with Crippen LogP contribution in [0.25, 0.3) is 5.65 Å². The van der Waals surface area contributed by atoms with Crippen LogP contribution in [0.4, 0.5) is 4.79 Å². The Hall–Kier alpha value is -2.61. The predicted molar refractivity (Wildman–Crippen MR) is 97.1 cm³/mol. The monoisotopic (exact) mass is 359 g/mol. The molecule has 0 saturated carbocycles. The lowest BCUT2D eigenvalue weighted by atomic mass is 10.2. The number of nitrogens with zero attached hydrogens (tertiary/aromatic N) is 5. The zero-order valence-electron chi connectivity index (χ0n) is 15.5. The Morgan fingerprint density at radius 2 is 1.85 bits per heavy atom. The van der Waals surface area contributed by atoms with Crippen LogP contribution in [0.3, 0.4) is 0 Å². The third-order valence-electron chi connectivity index (χ3n) is 4.39. The molecule has 1 aliphatic heterocycles. The first-order valence-corrected chi connectivity index (χ1v) is 8.83. The van der Waals surface area contributed by atoms with Gasteiger partial charge in [0.05, 0.1) is 12.3 Å². The summed E-state index contributed by atoms with van der Waals surface area (Å²) in [7, 11) is 3.93. The number of fused-ring (bicyclic) bond motifs is 1. The first kappa shape index (κ1) is 18.2. The fourth-order valence-corrected chi connectivity index (χ4v) is 3.13. The molecule has 3 heterocycles. The van der Waals surface area contributed by atoms with Gasteiger partial charge in [-0.2, -0.15) is 0 Å². The molecule has 1 fully saturated rings. The first-order valence-electron chi connectivity index (χ1n) is 8.83. The molecule has 1 saturated heterocycles. The van der Waals surface area contributed by atoms with Crippen LogP contribution in [0, 0.1) is 0 Å². The number of aromatic nitrogens is 2. The molecule has 1 aliphatic rings. The predicted octanol–water partition coefficient (Wildman–Crippen LogP) is 1.31. The summed E-state index contributed by atoms with van der Waals surface area (Å²) in [5, 5.41) is 0. The van der Waals surface area contributed by atoms with Crippen molar-refractivity contribution in [2.24, 2.45) is 0 Å². The summed E-state index contributed by atoms with van der Waals surface area (Å²) in [6.45, 7) is 4.66. The van der Waals surface area contributed by atoms with Gasteiger partial charge in [-0.15, -0.1) is 0 Å². The van der Waals surface area contributed by atoms with Crippen molar-refractivity contribution >= 4 is 17.6 Å². The van der Waals surface area contributed by atoms with E-state index in [1.807, 2.05) is 47.8 Å². The van der Waals surface area contributed by atoms with Gasteiger partial charge in [0.1, 0.15) is 5.65 Å². The van der Waals surface area contributed by atoms with Gasteiger partial charge in [0.25, 0.3) is 5.91 Å². The highest BCUT2D eigenvalue weighted by Gasteiger charge is 2.29. The largest absolute Gasteiger partial charge is 0.450 e. The quantitative estimate of drug-likeness (QED) is 0.823. The molecule has 0 atom stereocenters. The molecule has 0 radical (unpaired) electrons. The highest BCUT2D eigenvalue weighted by molar-refractivity contribution is 5.94. The van der Waals surface area contributed by atoms with E-state index in [9.17, 15) is 9.59 Å². The average Bonchev–Trinajstić information content (AvgIpc) is 2.99. The molecule has 3 rings (SSSR count). The van der Waals surface area contributed by atoms with E-state index < -0.39 is 0 Å². The van der Waals surface area contributed by atoms with Crippen molar-refractivity contribution in [3.05, 3.63) is 35.8 Å². The van der Waals surface area contributed by atoms with Gasteiger partial charge in [-0.25, -0.2) is 9.78 Å². The van der Waals surface area contributed by atoms with Crippen LogP contribution in [-0.2, 0) is 11.3 Å². The lowest BCUT2D eigenvalue weighted by molar-refractivity contribution is 0.0565. The normalized spacial score (nSPS) is 14.9. The second kappa shape index (κ2) is 7.74. The number of carbonyl (C=O) groups excluding carboxylic acids is 2. The lowest BCUT2D eigenvalue weighted by Gasteiger charge is -2.33. The number of hydrogen-bond acceptors (Lipinski definition) is 5. The van der Waals surface area contributed by atoms with E-state index in [0.717, 1.165) is 11.3 Å². The van der Waals surface area contributed by atoms with Crippen LogP contribution >= 0.6 is 0 Å². The van der Waals surface area contributed by atoms with Crippen molar-refractivity contribution in [3.63, 3.8) is 0 Å². The number of rotatable bonds is 4. The van der Waals surface area contributed by atoms with E-state index in [-0.39, 0.29) is 12.0 Å². The number of hydrogen-bond donors (Lipinski definition) is 0. The Kier molecular flexibility index (Phi) is 5.41. The van der Waals surface area contributed by atoms with Gasteiger partial charge >= 0.3 is 6.09 Å². The molecule has 0 unspecified atom stereocenters. The van der Waals surface area contributed by atoms with Crippen molar-refractivity contribution in [3.8, 4) is 0 Å². The summed E-state index contributed by atoms with van der Waals surface area (Å²) < 4.78 is 6.99. The zero-order chi connectivity index (χ0) is 18.7. The molecule has 2 aromatic heterocycles. The minimum absolute atomic E-state index is 0.0888. The summed E-state index contributed by atoms with van der Waals surface area (Å²) in [6.07, 6.45) is 1.61. The van der Waals surface area contributed by atoms with Crippen LogP contribution in [0.2, 0.25) is 0 Å². The molecule has 0 spiro atoms. The van der Waals surface area contributed by atoms with Crippen LogP contribution < -0.4 is 0 Å². The molecular weight excluding hydrogens is 334 g/mol. The number of piperazine rings is 1. The van der Waals surface area contributed by atoms with Gasteiger partial charge in [0.2, 0.25) is 0 Å². The number of carbonyl (C=O) groups is 2. The fourth-order valence-electron chi connectivity index (χ4n) is 3.13. The molecule has 0 aliphatic carbocycles. The van der Waals surface area contributed by atoms with Crippen molar-refractivity contribution in [2.45, 2.75) is 13.5 Å². The van der Waals surface area contributed by atoms with Gasteiger partial charge in [-0.1, -0.05) is 6.07 Å². The second-order valence-electron chi connectivity index (χ2n) is 6.55. The molecule has 8 nitrogen and oxygen atoms in total. The number of amides is 2. The molecule has 0 N–H and O–H groups in total. The molecule has 2 aromatic rings. The highest BCUT2D eigenvalue weighted by atomic mass is 16.6. The van der Waals surface area contributed by atoms with Crippen molar-refractivity contribution in [1.82, 2.24) is 24.1 Å². The molecular formula is C18H25N5O3. The fraction of sp³-hybridized carbons (Fsp3) is 0.500. The average molecular weight is 359 g/mol. The summed E-state index contributed by atoms with van der Waals surface area (Å²) in [4.78, 5) is 34.9. The third kappa shape index (κ3) is 3.65. The van der Waals surface area contributed by atoms with Gasteiger partial charge in [-0.05, 0) is 33.2 Å². The molecule has 2 amide bonds. The minimum atomic E-state index is -0.319. The number of pyridine rings is 1. The first-order chi connectivity index (χ1) is 12.5. The summed E-state index contributed by atoms with van der Waals surface area (Å²) >= 11 is 0. The summed E-state index contributed by atoms with van der Waals surface area (Å²) in [5.41, 5.74) is 2.12. The smallest absolute Gasteiger partial charge is 0.409 e. The topological polar surface area (TPSA) is 70.4 Å². The van der Waals surface area contributed by atoms with Crippen LogP contribution in [-0.4, -0.2) is 83.0 Å². The highest BCUT2D eigenvalue weighted by Crippen LogP contribution is 2.17. The molecule has 26 heavy (non-hydrogen) atoms. The number of ether oxygens (including phenoxy) is 1. The van der Waals surface area contributed by atoms with Crippen molar-refractivity contribution in [2.75, 3.05) is 46.9 Å². The lowest BCUT2D eigenvalue weighted by Crippen LogP contribution is -2.51. The van der Waals surface area contributed by atoms with E-state index in [0.29, 0.717) is 45.0 Å². The molecule has 0 bridgehead atoms. The second-order valence-corrected chi connectivity index (χ2v) is 6.55. The maximum absolute atomic E-state index is 13.1. The molecule has 140 valence electrons. The zero-order valence-corrected chi connectivity index (χ0v) is 15.5. The Balaban J connectivity index is 1.79. The Labute approximate surface area is 152 Å². The Morgan fingerprint density at radius 1 is 1.15 bits per heavy atom. The van der Waals surface area contributed by atoms with Gasteiger partial charge in [0.15, 0.2) is 5.69 Å². The molecule has 8 heteroatoms.